The number of ether oxygens (including phenoxy) is 1. The second-order valence-electron chi connectivity index (χ2n) is 4.39. The van der Waals surface area contributed by atoms with Gasteiger partial charge in [0.2, 0.25) is 0 Å². The van der Waals surface area contributed by atoms with Crippen LogP contribution in [0, 0.1) is 0 Å². The minimum absolute atomic E-state index is 0.825. The summed E-state index contributed by atoms with van der Waals surface area (Å²) in [6.07, 6.45) is 3.84. The Morgan fingerprint density at radius 3 is 2.83 bits per heavy atom. The largest absolute Gasteiger partial charge is 0.496 e. The molecule has 0 spiro atoms. The van der Waals surface area contributed by atoms with Crippen molar-refractivity contribution in [3.05, 3.63) is 53.5 Å². The number of hydrogen-bond acceptors (Lipinski definition) is 3. The quantitative estimate of drug-likeness (QED) is 0.807. The maximum atomic E-state index is 5.47. The molecular formula is C15H15NO2. The smallest absolute Gasteiger partial charge is 0.149 e. The second-order valence-corrected chi connectivity index (χ2v) is 4.39. The topological polar surface area (TPSA) is 25.6 Å². The van der Waals surface area contributed by atoms with Crippen LogP contribution >= 0.6 is 0 Å². The Labute approximate surface area is 106 Å². The summed E-state index contributed by atoms with van der Waals surface area (Å²) < 4.78 is 10.9. The number of rotatable bonds is 2. The summed E-state index contributed by atoms with van der Waals surface area (Å²) in [6, 6.07) is 10.0. The average Bonchev–Trinajstić information content (AvgIpc) is 2.91. The molecule has 2 heterocycles. The second kappa shape index (κ2) is 4.26. The fourth-order valence-corrected chi connectivity index (χ4v) is 2.34. The third-order valence-electron chi connectivity index (χ3n) is 3.26. The van der Waals surface area contributed by atoms with Crippen LogP contribution in [0.3, 0.4) is 0 Å². The molecule has 3 heteroatoms. The Hall–Kier alpha value is -2.16. The van der Waals surface area contributed by atoms with Crippen LogP contribution in [0.2, 0.25) is 0 Å². The molecule has 2 aromatic rings. The van der Waals surface area contributed by atoms with E-state index in [1.54, 1.807) is 13.4 Å². The summed E-state index contributed by atoms with van der Waals surface area (Å²) in [5.74, 6) is 1.83. The van der Waals surface area contributed by atoms with Crippen LogP contribution in [-0.2, 0) is 6.54 Å². The number of methoxy groups -OCH3 is 1. The average molecular weight is 241 g/mol. The summed E-state index contributed by atoms with van der Waals surface area (Å²) in [7, 11) is 3.77. The highest BCUT2D eigenvalue weighted by Gasteiger charge is 2.20. The van der Waals surface area contributed by atoms with Gasteiger partial charge in [-0.15, -0.1) is 0 Å². The summed E-state index contributed by atoms with van der Waals surface area (Å²) >= 11 is 0. The zero-order valence-electron chi connectivity index (χ0n) is 10.5. The molecule has 0 amide bonds. The van der Waals surface area contributed by atoms with Crippen molar-refractivity contribution < 1.29 is 9.15 Å². The third kappa shape index (κ3) is 1.68. The lowest BCUT2D eigenvalue weighted by molar-refractivity contribution is 0.389. The fraction of sp³-hybridized carbons (Fsp3) is 0.200. The first-order valence-corrected chi connectivity index (χ1v) is 5.92. The third-order valence-corrected chi connectivity index (χ3v) is 3.26. The molecule has 0 radical (unpaired) electrons. The number of furan rings is 1. The molecule has 0 aliphatic carbocycles. The molecule has 1 aromatic heterocycles. The maximum Gasteiger partial charge on any atom is 0.149 e. The van der Waals surface area contributed by atoms with Crippen molar-refractivity contribution >= 4 is 11.8 Å². The predicted molar refractivity (Wildman–Crippen MR) is 71.0 cm³/mol. The summed E-state index contributed by atoms with van der Waals surface area (Å²) in [4.78, 5) is 2.17. The molecule has 3 nitrogen and oxygen atoms in total. The van der Waals surface area contributed by atoms with E-state index in [2.05, 4.69) is 24.1 Å². The molecule has 0 fully saturated rings. The molecule has 3 rings (SSSR count). The Morgan fingerprint density at radius 2 is 2.11 bits per heavy atom. The lowest BCUT2D eigenvalue weighted by Gasteiger charge is -2.28. The maximum absolute atomic E-state index is 5.47. The van der Waals surface area contributed by atoms with Gasteiger partial charge in [0.25, 0.3) is 0 Å². The van der Waals surface area contributed by atoms with Gasteiger partial charge in [0, 0.05) is 19.2 Å². The van der Waals surface area contributed by atoms with Gasteiger partial charge in [0.05, 0.1) is 19.1 Å². The van der Waals surface area contributed by atoms with E-state index < -0.39 is 0 Å². The SMILES string of the molecule is COc1cccc2c1CN(C)C(c1ccco1)=C2. The van der Waals surface area contributed by atoms with E-state index in [1.807, 2.05) is 24.3 Å². The van der Waals surface area contributed by atoms with Crippen LogP contribution in [0.15, 0.2) is 41.0 Å². The molecule has 18 heavy (non-hydrogen) atoms. The van der Waals surface area contributed by atoms with Crippen LogP contribution in [-0.4, -0.2) is 19.1 Å². The predicted octanol–water partition coefficient (Wildman–Crippen LogP) is 3.23. The molecule has 0 N–H and O–H groups in total. The van der Waals surface area contributed by atoms with Crippen LogP contribution in [0.4, 0.5) is 0 Å². The van der Waals surface area contributed by atoms with E-state index in [4.69, 9.17) is 9.15 Å². The first kappa shape index (κ1) is 11.0. The van der Waals surface area contributed by atoms with Crippen LogP contribution in [0.5, 0.6) is 5.75 Å². The van der Waals surface area contributed by atoms with E-state index in [0.717, 1.165) is 23.8 Å². The van der Waals surface area contributed by atoms with Crippen molar-refractivity contribution in [3.8, 4) is 5.75 Å². The molecule has 0 saturated carbocycles. The highest BCUT2D eigenvalue weighted by molar-refractivity contribution is 5.81. The van der Waals surface area contributed by atoms with Crippen molar-refractivity contribution in [2.75, 3.05) is 14.2 Å². The van der Waals surface area contributed by atoms with Gasteiger partial charge in [-0.1, -0.05) is 12.1 Å². The molecule has 1 aliphatic rings. The Kier molecular flexibility index (Phi) is 2.59. The number of benzene rings is 1. The molecule has 1 aliphatic heterocycles. The summed E-state index contributed by atoms with van der Waals surface area (Å²) in [6.45, 7) is 0.825. The van der Waals surface area contributed by atoms with E-state index in [9.17, 15) is 0 Å². The van der Waals surface area contributed by atoms with Gasteiger partial charge in [0.1, 0.15) is 11.5 Å². The van der Waals surface area contributed by atoms with Gasteiger partial charge in [-0.2, -0.15) is 0 Å². The molecule has 0 bridgehead atoms. The van der Waals surface area contributed by atoms with Gasteiger partial charge < -0.3 is 14.1 Å². The van der Waals surface area contributed by atoms with E-state index >= 15 is 0 Å². The molecule has 0 atom stereocenters. The lowest BCUT2D eigenvalue weighted by Crippen LogP contribution is -2.20. The fourth-order valence-electron chi connectivity index (χ4n) is 2.34. The van der Waals surface area contributed by atoms with E-state index in [0.29, 0.717) is 0 Å². The zero-order chi connectivity index (χ0) is 12.5. The molecule has 1 aromatic carbocycles. The van der Waals surface area contributed by atoms with Crippen molar-refractivity contribution in [1.82, 2.24) is 4.90 Å². The van der Waals surface area contributed by atoms with Crippen molar-refractivity contribution in [2.24, 2.45) is 0 Å². The van der Waals surface area contributed by atoms with Crippen LogP contribution < -0.4 is 4.74 Å². The van der Waals surface area contributed by atoms with Gasteiger partial charge in [-0.05, 0) is 29.8 Å². The van der Waals surface area contributed by atoms with Crippen molar-refractivity contribution in [1.29, 1.82) is 0 Å². The summed E-state index contributed by atoms with van der Waals surface area (Å²) in [5, 5.41) is 0. The number of hydrogen-bond donors (Lipinski definition) is 0. The zero-order valence-corrected chi connectivity index (χ0v) is 10.5. The Balaban J connectivity index is 2.11. The van der Waals surface area contributed by atoms with Crippen molar-refractivity contribution in [3.63, 3.8) is 0 Å². The summed E-state index contributed by atoms with van der Waals surface area (Å²) in [5.41, 5.74) is 3.51. The van der Waals surface area contributed by atoms with E-state index in [-0.39, 0.29) is 0 Å². The Morgan fingerprint density at radius 1 is 1.22 bits per heavy atom. The van der Waals surface area contributed by atoms with Gasteiger partial charge >= 0.3 is 0 Å². The number of nitrogens with zero attached hydrogens (tertiary/aromatic N) is 1. The highest BCUT2D eigenvalue weighted by Crippen LogP contribution is 2.34. The van der Waals surface area contributed by atoms with Gasteiger partial charge in [0.15, 0.2) is 0 Å². The van der Waals surface area contributed by atoms with Crippen molar-refractivity contribution in [2.45, 2.75) is 6.54 Å². The molecule has 0 saturated heterocycles. The molecular weight excluding hydrogens is 226 g/mol. The highest BCUT2D eigenvalue weighted by atomic mass is 16.5. The van der Waals surface area contributed by atoms with Crippen LogP contribution in [0.1, 0.15) is 16.9 Å². The van der Waals surface area contributed by atoms with Crippen LogP contribution in [0.25, 0.3) is 11.8 Å². The minimum Gasteiger partial charge on any atom is -0.496 e. The van der Waals surface area contributed by atoms with E-state index in [1.165, 1.54) is 11.1 Å². The molecule has 0 unspecified atom stereocenters. The monoisotopic (exact) mass is 241 g/mol. The van der Waals surface area contributed by atoms with Gasteiger partial charge in [-0.3, -0.25) is 0 Å². The Bertz CT molecular complexity index is 585. The molecule has 92 valence electrons. The lowest BCUT2D eigenvalue weighted by atomic mass is 10.00. The normalized spacial score (nSPS) is 14.1. The first-order chi connectivity index (χ1) is 8.79. The first-order valence-electron chi connectivity index (χ1n) is 5.92. The minimum atomic E-state index is 0.825. The standard InChI is InChI=1S/C15H15NO2/c1-16-10-12-11(5-3-6-14(12)17-2)9-13(16)15-7-4-8-18-15/h3-9H,10H2,1-2H3. The van der Waals surface area contributed by atoms with Gasteiger partial charge in [-0.25, -0.2) is 0 Å². The number of fused-ring (bicyclic) bond motifs is 1.